The molecule has 0 saturated carbocycles. The Morgan fingerprint density at radius 2 is 2.31 bits per heavy atom. The molecule has 13 heavy (non-hydrogen) atoms. The monoisotopic (exact) mass is 181 g/mol. The summed E-state index contributed by atoms with van der Waals surface area (Å²) in [5.74, 6) is 1.45. The number of ether oxygens (including phenoxy) is 1. The predicted molar refractivity (Wildman–Crippen MR) is 54.2 cm³/mol. The Labute approximate surface area is 80.4 Å². The van der Waals surface area contributed by atoms with Crippen LogP contribution >= 0.6 is 0 Å². The molecule has 0 aromatic carbocycles. The van der Waals surface area contributed by atoms with E-state index in [4.69, 9.17) is 4.74 Å². The summed E-state index contributed by atoms with van der Waals surface area (Å²) in [4.78, 5) is 4.67. The van der Waals surface area contributed by atoms with Crippen LogP contribution in [0.2, 0.25) is 0 Å². The zero-order valence-corrected chi connectivity index (χ0v) is 8.46. The maximum atomic E-state index is 5.48. The molecule has 0 aromatic rings. The average molecular weight is 181 g/mol. The maximum Gasteiger partial charge on any atom is 0.0546 e. The van der Waals surface area contributed by atoms with Crippen molar-refractivity contribution in [1.82, 2.24) is 0 Å². The van der Waals surface area contributed by atoms with Gasteiger partial charge in [-0.1, -0.05) is 6.92 Å². The summed E-state index contributed by atoms with van der Waals surface area (Å²) >= 11 is 0. The molecule has 2 aliphatic heterocycles. The van der Waals surface area contributed by atoms with E-state index in [9.17, 15) is 0 Å². The molecule has 0 bridgehead atoms. The first-order valence-corrected chi connectivity index (χ1v) is 5.47. The van der Waals surface area contributed by atoms with E-state index < -0.39 is 0 Å². The van der Waals surface area contributed by atoms with E-state index >= 15 is 0 Å². The van der Waals surface area contributed by atoms with Crippen molar-refractivity contribution >= 4 is 5.71 Å². The van der Waals surface area contributed by atoms with Crippen LogP contribution in [0.4, 0.5) is 0 Å². The fraction of sp³-hybridized carbons (Fsp3) is 0.909. The Balaban J connectivity index is 1.92. The molecule has 0 amide bonds. The minimum atomic E-state index is 0.654. The first-order chi connectivity index (χ1) is 6.36. The van der Waals surface area contributed by atoms with Crippen molar-refractivity contribution in [1.29, 1.82) is 0 Å². The molecule has 1 saturated heterocycles. The molecule has 74 valence electrons. The topological polar surface area (TPSA) is 21.6 Å². The molecule has 1 unspecified atom stereocenters. The van der Waals surface area contributed by atoms with Gasteiger partial charge in [0.1, 0.15) is 0 Å². The second kappa shape index (κ2) is 4.23. The lowest BCUT2D eigenvalue weighted by Gasteiger charge is -2.27. The first kappa shape index (κ1) is 9.20. The highest BCUT2D eigenvalue weighted by molar-refractivity contribution is 5.87. The molecular formula is C11H19NO. The van der Waals surface area contributed by atoms with Crippen molar-refractivity contribution in [2.45, 2.75) is 32.6 Å². The van der Waals surface area contributed by atoms with Crippen molar-refractivity contribution < 1.29 is 4.74 Å². The molecule has 2 heteroatoms. The number of nitrogens with zero attached hydrogens (tertiary/aromatic N) is 1. The van der Waals surface area contributed by atoms with Crippen LogP contribution in [-0.4, -0.2) is 25.5 Å². The standard InChI is InChI=1S/C11H19NO/c1-9-4-5-11(12-7-9)10-3-2-6-13-8-10/h9-10H,2-8H2,1H3/t9-,10?/m0/s1. The Morgan fingerprint density at radius 3 is 2.92 bits per heavy atom. The minimum absolute atomic E-state index is 0.654. The van der Waals surface area contributed by atoms with Crippen LogP contribution in [0.25, 0.3) is 0 Å². The Morgan fingerprint density at radius 1 is 1.38 bits per heavy atom. The normalized spacial score (nSPS) is 35.6. The van der Waals surface area contributed by atoms with Gasteiger partial charge in [-0.25, -0.2) is 0 Å². The SMILES string of the molecule is C[C@H]1CCC(C2CCCOC2)=NC1. The summed E-state index contributed by atoms with van der Waals surface area (Å²) in [6.07, 6.45) is 5.07. The molecule has 0 aromatic heterocycles. The van der Waals surface area contributed by atoms with Gasteiger partial charge in [-0.3, -0.25) is 4.99 Å². The van der Waals surface area contributed by atoms with Gasteiger partial charge < -0.3 is 4.74 Å². The number of hydrogen-bond donors (Lipinski definition) is 0. The Bertz CT molecular complexity index is 194. The fourth-order valence-corrected chi connectivity index (χ4v) is 2.17. The smallest absolute Gasteiger partial charge is 0.0546 e. The highest BCUT2D eigenvalue weighted by Gasteiger charge is 2.22. The third-order valence-corrected chi connectivity index (χ3v) is 3.13. The lowest BCUT2D eigenvalue weighted by atomic mass is 9.89. The molecule has 2 heterocycles. The van der Waals surface area contributed by atoms with Crippen LogP contribution in [0.5, 0.6) is 0 Å². The summed E-state index contributed by atoms with van der Waals surface area (Å²) in [7, 11) is 0. The van der Waals surface area contributed by atoms with E-state index in [1.807, 2.05) is 0 Å². The fourth-order valence-electron chi connectivity index (χ4n) is 2.17. The Kier molecular flexibility index (Phi) is 2.99. The zero-order chi connectivity index (χ0) is 9.10. The molecule has 2 aliphatic rings. The third-order valence-electron chi connectivity index (χ3n) is 3.13. The van der Waals surface area contributed by atoms with E-state index in [0.29, 0.717) is 5.92 Å². The Hall–Kier alpha value is -0.370. The van der Waals surface area contributed by atoms with Crippen molar-refractivity contribution in [3.05, 3.63) is 0 Å². The van der Waals surface area contributed by atoms with Gasteiger partial charge in [-0.2, -0.15) is 0 Å². The predicted octanol–water partition coefficient (Wildman–Crippen LogP) is 2.28. The van der Waals surface area contributed by atoms with Gasteiger partial charge in [0.05, 0.1) is 6.61 Å². The molecule has 0 radical (unpaired) electrons. The van der Waals surface area contributed by atoms with Gasteiger partial charge in [-0.15, -0.1) is 0 Å². The zero-order valence-electron chi connectivity index (χ0n) is 8.46. The summed E-state index contributed by atoms with van der Waals surface area (Å²) in [6.45, 7) is 5.22. The summed E-state index contributed by atoms with van der Waals surface area (Å²) in [6, 6.07) is 0. The maximum absolute atomic E-state index is 5.48. The van der Waals surface area contributed by atoms with Crippen molar-refractivity contribution in [2.75, 3.05) is 19.8 Å². The molecule has 0 spiro atoms. The van der Waals surface area contributed by atoms with Crippen LogP contribution in [0.3, 0.4) is 0 Å². The van der Waals surface area contributed by atoms with E-state index in [-0.39, 0.29) is 0 Å². The number of aliphatic imine (C=N–C) groups is 1. The molecule has 0 N–H and O–H groups in total. The van der Waals surface area contributed by atoms with Gasteiger partial charge in [0.15, 0.2) is 0 Å². The largest absolute Gasteiger partial charge is 0.381 e. The number of hydrogen-bond acceptors (Lipinski definition) is 2. The van der Waals surface area contributed by atoms with Gasteiger partial charge in [0.25, 0.3) is 0 Å². The third kappa shape index (κ3) is 2.31. The van der Waals surface area contributed by atoms with Gasteiger partial charge >= 0.3 is 0 Å². The van der Waals surface area contributed by atoms with E-state index in [1.165, 1.54) is 31.4 Å². The van der Waals surface area contributed by atoms with Crippen LogP contribution in [0, 0.1) is 11.8 Å². The van der Waals surface area contributed by atoms with Crippen molar-refractivity contribution in [2.24, 2.45) is 16.8 Å². The molecule has 2 atom stereocenters. The van der Waals surface area contributed by atoms with E-state index in [1.54, 1.807) is 0 Å². The summed E-state index contributed by atoms with van der Waals surface area (Å²) in [5, 5.41) is 0. The van der Waals surface area contributed by atoms with E-state index in [2.05, 4.69) is 11.9 Å². The molecule has 1 fully saturated rings. The van der Waals surface area contributed by atoms with E-state index in [0.717, 1.165) is 25.7 Å². The van der Waals surface area contributed by atoms with Crippen molar-refractivity contribution in [3.8, 4) is 0 Å². The molecule has 0 aliphatic carbocycles. The number of rotatable bonds is 1. The highest BCUT2D eigenvalue weighted by atomic mass is 16.5. The van der Waals surface area contributed by atoms with Gasteiger partial charge in [0.2, 0.25) is 0 Å². The van der Waals surface area contributed by atoms with Crippen LogP contribution in [0.15, 0.2) is 4.99 Å². The summed E-state index contributed by atoms with van der Waals surface area (Å²) < 4.78 is 5.48. The lowest BCUT2D eigenvalue weighted by Crippen LogP contribution is -2.28. The van der Waals surface area contributed by atoms with Crippen LogP contribution < -0.4 is 0 Å². The summed E-state index contributed by atoms with van der Waals surface area (Å²) in [5.41, 5.74) is 1.44. The quantitative estimate of drug-likeness (QED) is 0.608. The lowest BCUT2D eigenvalue weighted by molar-refractivity contribution is 0.0758. The minimum Gasteiger partial charge on any atom is -0.381 e. The highest BCUT2D eigenvalue weighted by Crippen LogP contribution is 2.23. The van der Waals surface area contributed by atoms with Crippen molar-refractivity contribution in [3.63, 3.8) is 0 Å². The molecular weight excluding hydrogens is 162 g/mol. The van der Waals surface area contributed by atoms with Crippen LogP contribution in [0.1, 0.15) is 32.6 Å². The molecule has 2 rings (SSSR count). The van der Waals surface area contributed by atoms with Gasteiger partial charge in [-0.05, 0) is 31.6 Å². The first-order valence-electron chi connectivity index (χ1n) is 5.47. The van der Waals surface area contributed by atoms with Gasteiger partial charge in [0, 0.05) is 24.8 Å². The van der Waals surface area contributed by atoms with Crippen LogP contribution in [-0.2, 0) is 4.74 Å². The second-order valence-corrected chi connectivity index (χ2v) is 4.39. The second-order valence-electron chi connectivity index (χ2n) is 4.39. The average Bonchev–Trinajstić information content (AvgIpc) is 2.20. The molecule has 2 nitrogen and oxygen atoms in total.